The van der Waals surface area contributed by atoms with Gasteiger partial charge in [0, 0.05) is 12.6 Å². The Morgan fingerprint density at radius 2 is 1.36 bits per heavy atom. The molecule has 1 N–H and O–H groups in total. The summed E-state index contributed by atoms with van der Waals surface area (Å²) in [5, 5.41) is 3.19. The first kappa shape index (κ1) is 33.7. The predicted octanol–water partition coefficient (Wildman–Crippen LogP) is 6.97. The van der Waals surface area contributed by atoms with E-state index in [-0.39, 0.29) is 23.4 Å². The number of sulfonamides is 1. The number of carbonyl (C=O) groups excluding carboxylic acids is 2. The van der Waals surface area contributed by atoms with Crippen LogP contribution in [0.25, 0.3) is 0 Å². The molecule has 1 aliphatic rings. The van der Waals surface area contributed by atoms with Gasteiger partial charge in [0.15, 0.2) is 0 Å². The molecule has 5 rings (SSSR count). The van der Waals surface area contributed by atoms with Gasteiger partial charge in [0.2, 0.25) is 11.8 Å². The molecule has 0 bridgehead atoms. The number of amides is 2. The van der Waals surface area contributed by atoms with Crippen LogP contribution in [0.5, 0.6) is 11.5 Å². The van der Waals surface area contributed by atoms with E-state index in [1.165, 1.54) is 12.1 Å². The molecular formula is C38H43N3O5S. The van der Waals surface area contributed by atoms with Crippen LogP contribution in [0.2, 0.25) is 0 Å². The van der Waals surface area contributed by atoms with E-state index in [0.29, 0.717) is 30.0 Å². The second-order valence-corrected chi connectivity index (χ2v) is 13.7. The van der Waals surface area contributed by atoms with Gasteiger partial charge in [-0.1, -0.05) is 92.9 Å². The molecule has 0 aromatic heterocycles. The smallest absolute Gasteiger partial charge is 0.264 e. The van der Waals surface area contributed by atoms with Crippen LogP contribution < -0.4 is 14.4 Å². The molecule has 1 saturated carbocycles. The van der Waals surface area contributed by atoms with Gasteiger partial charge in [-0.05, 0) is 79.8 Å². The molecule has 0 radical (unpaired) electrons. The van der Waals surface area contributed by atoms with Crippen molar-refractivity contribution in [2.24, 2.45) is 0 Å². The van der Waals surface area contributed by atoms with Crippen molar-refractivity contribution in [3.05, 3.63) is 121 Å². The van der Waals surface area contributed by atoms with Crippen molar-refractivity contribution in [1.82, 2.24) is 10.2 Å². The monoisotopic (exact) mass is 653 g/mol. The van der Waals surface area contributed by atoms with Crippen LogP contribution in [0.4, 0.5) is 5.69 Å². The first-order chi connectivity index (χ1) is 22.8. The standard InChI is InChI=1S/C38H43N3O5S/c1-2-36(38(43)39-31-17-9-4-10-18-31)40(28-27-30-15-7-3-8-16-30)37(42)29-41(47(44,45)35-21-13-6-14-22-35)32-23-25-34(26-24-32)46-33-19-11-5-12-20-33/h3,5-8,11-16,19-26,31,36H,2,4,9-10,17-18,27-29H2,1H3,(H,39,43)/t36-/m0/s1. The Bertz CT molecular complexity index is 1680. The highest BCUT2D eigenvalue weighted by molar-refractivity contribution is 7.92. The van der Waals surface area contributed by atoms with E-state index in [2.05, 4.69) is 5.32 Å². The Morgan fingerprint density at radius 3 is 1.98 bits per heavy atom. The third-order valence-electron chi connectivity index (χ3n) is 8.54. The maximum atomic E-state index is 14.3. The molecule has 8 nitrogen and oxygen atoms in total. The molecule has 0 spiro atoms. The van der Waals surface area contributed by atoms with Crippen LogP contribution in [-0.4, -0.2) is 50.3 Å². The molecule has 4 aromatic carbocycles. The lowest BCUT2D eigenvalue weighted by molar-refractivity contribution is -0.140. The number of anilines is 1. The number of nitrogens with one attached hydrogen (secondary N) is 1. The summed E-state index contributed by atoms with van der Waals surface area (Å²) in [7, 11) is -4.15. The number of para-hydroxylation sites is 1. The number of carbonyl (C=O) groups is 2. The summed E-state index contributed by atoms with van der Waals surface area (Å²) < 4.78 is 35.3. The second-order valence-electron chi connectivity index (χ2n) is 11.8. The zero-order valence-corrected chi connectivity index (χ0v) is 27.6. The maximum absolute atomic E-state index is 14.3. The molecular weight excluding hydrogens is 611 g/mol. The van der Waals surface area contributed by atoms with Crippen molar-refractivity contribution < 1.29 is 22.7 Å². The molecule has 4 aromatic rings. The number of hydrogen-bond donors (Lipinski definition) is 1. The van der Waals surface area contributed by atoms with Gasteiger partial charge in [0.1, 0.15) is 24.1 Å². The van der Waals surface area contributed by atoms with Crippen molar-refractivity contribution in [3.8, 4) is 11.5 Å². The van der Waals surface area contributed by atoms with Gasteiger partial charge in [-0.25, -0.2) is 8.42 Å². The fourth-order valence-corrected chi connectivity index (χ4v) is 7.43. The number of nitrogens with zero attached hydrogens (tertiary/aromatic N) is 2. The topological polar surface area (TPSA) is 96.0 Å². The van der Waals surface area contributed by atoms with Crippen LogP contribution in [-0.2, 0) is 26.0 Å². The van der Waals surface area contributed by atoms with Crippen LogP contribution in [0.1, 0.15) is 51.0 Å². The van der Waals surface area contributed by atoms with E-state index in [0.717, 1.165) is 42.0 Å². The number of benzene rings is 4. The molecule has 1 fully saturated rings. The largest absolute Gasteiger partial charge is 0.457 e. The first-order valence-corrected chi connectivity index (χ1v) is 17.8. The van der Waals surface area contributed by atoms with E-state index in [4.69, 9.17) is 4.74 Å². The lowest BCUT2D eigenvalue weighted by Crippen LogP contribution is -2.54. The molecule has 0 saturated heterocycles. The van der Waals surface area contributed by atoms with E-state index in [9.17, 15) is 18.0 Å². The minimum absolute atomic E-state index is 0.0651. The van der Waals surface area contributed by atoms with Gasteiger partial charge in [0.05, 0.1) is 10.6 Å². The van der Waals surface area contributed by atoms with Crippen molar-refractivity contribution in [2.45, 2.75) is 68.8 Å². The van der Waals surface area contributed by atoms with Gasteiger partial charge < -0.3 is 15.0 Å². The van der Waals surface area contributed by atoms with Gasteiger partial charge in [0.25, 0.3) is 10.0 Å². The first-order valence-electron chi connectivity index (χ1n) is 16.4. The Morgan fingerprint density at radius 1 is 0.787 bits per heavy atom. The summed E-state index contributed by atoms with van der Waals surface area (Å²) in [6, 6.07) is 33.1. The van der Waals surface area contributed by atoms with E-state index < -0.39 is 28.5 Å². The zero-order chi connectivity index (χ0) is 33.1. The third kappa shape index (κ3) is 9.01. The zero-order valence-electron chi connectivity index (χ0n) is 26.8. The fourth-order valence-electron chi connectivity index (χ4n) is 5.99. The average molecular weight is 654 g/mol. The highest BCUT2D eigenvalue weighted by Gasteiger charge is 2.34. The minimum Gasteiger partial charge on any atom is -0.457 e. The summed E-state index contributed by atoms with van der Waals surface area (Å²) in [6.07, 6.45) is 6.07. The molecule has 1 aliphatic carbocycles. The molecule has 9 heteroatoms. The van der Waals surface area contributed by atoms with Crippen LogP contribution in [0.15, 0.2) is 120 Å². The van der Waals surface area contributed by atoms with Crippen molar-refractivity contribution in [1.29, 1.82) is 0 Å². The summed E-state index contributed by atoms with van der Waals surface area (Å²) in [6.45, 7) is 1.68. The number of hydrogen-bond acceptors (Lipinski definition) is 5. The number of ether oxygens (including phenoxy) is 1. The fraction of sp³-hybridized carbons (Fsp3) is 0.316. The molecule has 2 amide bonds. The molecule has 246 valence electrons. The van der Waals surface area contributed by atoms with Gasteiger partial charge in [-0.3, -0.25) is 13.9 Å². The Labute approximate surface area is 278 Å². The normalized spacial score (nSPS) is 14.1. The molecule has 0 heterocycles. The van der Waals surface area contributed by atoms with E-state index in [1.54, 1.807) is 47.4 Å². The molecule has 1 atom stereocenters. The summed E-state index contributed by atoms with van der Waals surface area (Å²) in [5.41, 5.74) is 1.33. The van der Waals surface area contributed by atoms with Gasteiger partial charge in [-0.15, -0.1) is 0 Å². The highest BCUT2D eigenvalue weighted by Crippen LogP contribution is 2.28. The number of rotatable bonds is 14. The quantitative estimate of drug-likeness (QED) is 0.159. The third-order valence-corrected chi connectivity index (χ3v) is 10.3. The molecule has 0 aliphatic heterocycles. The summed E-state index contributed by atoms with van der Waals surface area (Å²) in [4.78, 5) is 29.7. The predicted molar refractivity (Wildman–Crippen MR) is 185 cm³/mol. The lowest BCUT2D eigenvalue weighted by Gasteiger charge is -2.34. The Balaban J connectivity index is 1.44. The van der Waals surface area contributed by atoms with E-state index >= 15 is 0 Å². The van der Waals surface area contributed by atoms with Gasteiger partial charge in [-0.2, -0.15) is 0 Å². The van der Waals surface area contributed by atoms with Gasteiger partial charge >= 0.3 is 0 Å². The Kier molecular flexibility index (Phi) is 11.7. The summed E-state index contributed by atoms with van der Waals surface area (Å²) >= 11 is 0. The van der Waals surface area contributed by atoms with Crippen LogP contribution >= 0.6 is 0 Å². The van der Waals surface area contributed by atoms with Crippen LogP contribution in [0.3, 0.4) is 0 Å². The summed E-state index contributed by atoms with van der Waals surface area (Å²) in [5.74, 6) is 0.532. The molecule has 0 unspecified atom stereocenters. The SMILES string of the molecule is CC[C@@H](C(=O)NC1CCCCC1)N(CCc1ccccc1)C(=O)CN(c1ccc(Oc2ccccc2)cc1)S(=O)(=O)c1ccccc1. The second kappa shape index (κ2) is 16.3. The molecule has 47 heavy (non-hydrogen) atoms. The Hall–Kier alpha value is -4.63. The highest BCUT2D eigenvalue weighted by atomic mass is 32.2. The van der Waals surface area contributed by atoms with Crippen LogP contribution in [0, 0.1) is 0 Å². The van der Waals surface area contributed by atoms with Crippen molar-refractivity contribution in [2.75, 3.05) is 17.4 Å². The van der Waals surface area contributed by atoms with Crippen molar-refractivity contribution >= 4 is 27.5 Å². The maximum Gasteiger partial charge on any atom is 0.264 e. The minimum atomic E-state index is -4.15. The lowest BCUT2D eigenvalue weighted by atomic mass is 9.95. The van der Waals surface area contributed by atoms with Crippen molar-refractivity contribution in [3.63, 3.8) is 0 Å². The van der Waals surface area contributed by atoms with E-state index in [1.807, 2.05) is 67.6 Å². The average Bonchev–Trinajstić information content (AvgIpc) is 3.11.